The fourth-order valence-electron chi connectivity index (χ4n) is 4.50. The van der Waals surface area contributed by atoms with E-state index in [0.717, 1.165) is 42.1 Å². The normalized spacial score (nSPS) is 10.6. The lowest BCUT2D eigenvalue weighted by Crippen LogP contribution is -2.11. The second-order valence-corrected chi connectivity index (χ2v) is 12.2. The summed E-state index contributed by atoms with van der Waals surface area (Å²) in [7, 11) is 0. The molecule has 44 heavy (non-hydrogen) atoms. The Balaban J connectivity index is 1.01. The van der Waals surface area contributed by atoms with E-state index in [1.165, 1.54) is 0 Å². The van der Waals surface area contributed by atoms with Crippen LogP contribution in [0.2, 0.25) is 0 Å². The summed E-state index contributed by atoms with van der Waals surface area (Å²) in [5, 5.41) is 5.88. The van der Waals surface area contributed by atoms with E-state index in [1.807, 2.05) is 84.9 Å². The smallest absolute Gasteiger partial charge is 0.255 e. The highest BCUT2D eigenvalue weighted by molar-refractivity contribution is 7.99. The van der Waals surface area contributed by atoms with Crippen LogP contribution < -0.4 is 10.6 Å². The van der Waals surface area contributed by atoms with Gasteiger partial charge in [0.05, 0.1) is 0 Å². The summed E-state index contributed by atoms with van der Waals surface area (Å²) in [5.74, 6) is -0.235. The molecule has 0 aromatic heterocycles. The average Bonchev–Trinajstić information content (AvgIpc) is 3.08. The number of anilines is 2. The first-order valence-electron chi connectivity index (χ1n) is 14.1. The minimum Gasteiger partial charge on any atom is -0.322 e. The van der Waals surface area contributed by atoms with E-state index in [2.05, 4.69) is 59.2 Å². The van der Waals surface area contributed by atoms with Gasteiger partial charge in [-0.2, -0.15) is 0 Å². The maximum Gasteiger partial charge on any atom is 0.255 e. The summed E-state index contributed by atoms with van der Waals surface area (Å²) in [6.07, 6.45) is 0. The molecule has 6 aromatic carbocycles. The van der Waals surface area contributed by atoms with Crippen LogP contribution in [0.25, 0.3) is 11.1 Å². The molecule has 6 rings (SSSR count). The molecular weight excluding hydrogens is 581 g/mol. The predicted molar refractivity (Wildman–Crippen MR) is 182 cm³/mol. The predicted octanol–water partition coefficient (Wildman–Crippen LogP) is 10.2. The first-order valence-corrected chi connectivity index (χ1v) is 15.7. The highest BCUT2D eigenvalue weighted by Crippen LogP contribution is 2.33. The van der Waals surface area contributed by atoms with Crippen molar-refractivity contribution in [2.24, 2.45) is 0 Å². The van der Waals surface area contributed by atoms with Gasteiger partial charge in [-0.25, -0.2) is 0 Å². The van der Waals surface area contributed by atoms with Gasteiger partial charge in [-0.05, 0) is 108 Å². The molecule has 0 heterocycles. The topological polar surface area (TPSA) is 58.2 Å². The van der Waals surface area contributed by atoms with Crippen molar-refractivity contribution in [2.75, 3.05) is 10.6 Å². The minimum absolute atomic E-state index is 0.117. The molecular formula is C38H28N2O2S2. The van der Waals surface area contributed by atoms with Crippen LogP contribution in [-0.2, 0) is 0 Å². The first kappa shape index (κ1) is 29.1. The largest absolute Gasteiger partial charge is 0.322 e. The molecule has 0 unspecified atom stereocenters. The van der Waals surface area contributed by atoms with Crippen molar-refractivity contribution < 1.29 is 9.59 Å². The van der Waals surface area contributed by atoms with Crippen LogP contribution in [0.3, 0.4) is 0 Å². The van der Waals surface area contributed by atoms with Gasteiger partial charge in [0.1, 0.15) is 0 Å². The molecule has 0 fully saturated rings. The molecule has 0 atom stereocenters. The Morgan fingerprint density at radius 2 is 0.659 bits per heavy atom. The lowest BCUT2D eigenvalue weighted by atomic mass is 10.1. The van der Waals surface area contributed by atoms with Crippen molar-refractivity contribution in [1.82, 2.24) is 0 Å². The van der Waals surface area contributed by atoms with Crippen LogP contribution in [-0.4, -0.2) is 11.8 Å². The molecule has 0 aliphatic heterocycles. The van der Waals surface area contributed by atoms with Gasteiger partial charge in [0.25, 0.3) is 11.8 Å². The van der Waals surface area contributed by atoms with Crippen molar-refractivity contribution in [3.8, 4) is 11.1 Å². The number of carbonyl (C=O) groups is 2. The maximum absolute atomic E-state index is 12.4. The van der Waals surface area contributed by atoms with Gasteiger partial charge >= 0.3 is 0 Å². The van der Waals surface area contributed by atoms with Gasteiger partial charge in [-0.1, -0.05) is 84.2 Å². The van der Waals surface area contributed by atoms with Crippen LogP contribution in [0.1, 0.15) is 20.7 Å². The second kappa shape index (κ2) is 14.0. The molecule has 214 valence electrons. The fraction of sp³-hybridized carbons (Fsp3) is 0. The van der Waals surface area contributed by atoms with Crippen LogP contribution in [0.4, 0.5) is 11.4 Å². The Hall–Kier alpha value is -5.04. The van der Waals surface area contributed by atoms with Gasteiger partial charge in [0.15, 0.2) is 0 Å². The quantitative estimate of drug-likeness (QED) is 0.171. The van der Waals surface area contributed by atoms with Crippen LogP contribution in [0.5, 0.6) is 0 Å². The third-order valence-corrected chi connectivity index (χ3v) is 8.84. The van der Waals surface area contributed by atoms with E-state index in [-0.39, 0.29) is 11.8 Å². The molecule has 0 saturated heterocycles. The Kier molecular flexibility index (Phi) is 9.21. The van der Waals surface area contributed by atoms with Crippen LogP contribution in [0, 0.1) is 0 Å². The number of amides is 2. The molecule has 0 spiro atoms. The Labute approximate surface area is 265 Å². The number of rotatable bonds is 9. The standard InChI is InChI=1S/C38H28N2O2S2/c41-37(29-7-3-1-4-8-29)39-31-15-23-35(24-16-31)43-33-19-11-27(12-20-33)28-13-21-34(22-14-28)44-36-25-17-32(18-26-36)40-38(42)30-9-5-2-6-10-30/h1-26H,(H,39,41)(H,40,42). The Morgan fingerprint density at radius 3 is 0.977 bits per heavy atom. The number of carbonyl (C=O) groups excluding carboxylic acids is 2. The molecule has 2 amide bonds. The van der Waals surface area contributed by atoms with Gasteiger partial charge in [-0.3, -0.25) is 9.59 Å². The third-order valence-electron chi connectivity index (χ3n) is 6.81. The van der Waals surface area contributed by atoms with Gasteiger partial charge in [0.2, 0.25) is 0 Å². The summed E-state index contributed by atoms with van der Waals surface area (Å²) in [4.78, 5) is 29.3. The van der Waals surface area contributed by atoms with Crippen molar-refractivity contribution in [3.63, 3.8) is 0 Å². The zero-order valence-corrected chi connectivity index (χ0v) is 25.3. The SMILES string of the molecule is O=C(Nc1ccc(Sc2ccc(-c3ccc(Sc4ccc(NC(=O)c5ccccc5)cc4)cc3)cc2)cc1)c1ccccc1. The second-order valence-electron chi connectivity index (χ2n) is 9.94. The molecule has 6 aromatic rings. The maximum atomic E-state index is 12.4. The van der Waals surface area contributed by atoms with Crippen LogP contribution in [0.15, 0.2) is 177 Å². The zero-order valence-electron chi connectivity index (χ0n) is 23.6. The van der Waals surface area contributed by atoms with Crippen molar-refractivity contribution in [1.29, 1.82) is 0 Å². The minimum atomic E-state index is -0.117. The summed E-state index contributed by atoms with van der Waals surface area (Å²) in [6.45, 7) is 0. The summed E-state index contributed by atoms with van der Waals surface area (Å²) in [6, 6.07) is 51.3. The molecule has 2 N–H and O–H groups in total. The number of benzene rings is 6. The monoisotopic (exact) mass is 608 g/mol. The van der Waals surface area contributed by atoms with Gasteiger partial charge in [-0.15, -0.1) is 0 Å². The molecule has 0 aliphatic rings. The van der Waals surface area contributed by atoms with E-state index < -0.39 is 0 Å². The number of nitrogens with one attached hydrogen (secondary N) is 2. The summed E-state index contributed by atoms with van der Waals surface area (Å²) in [5.41, 5.74) is 5.12. The lowest BCUT2D eigenvalue weighted by Gasteiger charge is -2.08. The summed E-state index contributed by atoms with van der Waals surface area (Å²) >= 11 is 3.37. The van der Waals surface area contributed by atoms with Crippen molar-refractivity contribution in [2.45, 2.75) is 19.6 Å². The van der Waals surface area contributed by atoms with Crippen LogP contribution >= 0.6 is 23.5 Å². The highest BCUT2D eigenvalue weighted by atomic mass is 32.2. The molecule has 0 saturated carbocycles. The van der Waals surface area contributed by atoms with E-state index in [4.69, 9.17) is 0 Å². The van der Waals surface area contributed by atoms with Gasteiger partial charge in [0, 0.05) is 42.1 Å². The molecule has 6 heteroatoms. The first-order chi connectivity index (χ1) is 21.6. The third kappa shape index (κ3) is 7.67. The fourth-order valence-corrected chi connectivity index (χ4v) is 6.13. The van der Waals surface area contributed by atoms with E-state index in [9.17, 15) is 9.59 Å². The van der Waals surface area contributed by atoms with Crippen molar-refractivity contribution in [3.05, 3.63) is 169 Å². The summed E-state index contributed by atoms with van der Waals surface area (Å²) < 4.78 is 0. The zero-order chi connectivity index (χ0) is 30.1. The Morgan fingerprint density at radius 1 is 0.364 bits per heavy atom. The molecule has 0 radical (unpaired) electrons. The van der Waals surface area contributed by atoms with E-state index in [1.54, 1.807) is 47.8 Å². The number of hydrogen-bond donors (Lipinski definition) is 2. The Bertz CT molecular complexity index is 1700. The highest BCUT2D eigenvalue weighted by Gasteiger charge is 2.08. The molecule has 0 bridgehead atoms. The average molecular weight is 609 g/mol. The molecule has 0 aliphatic carbocycles. The van der Waals surface area contributed by atoms with Crippen molar-refractivity contribution >= 4 is 46.7 Å². The van der Waals surface area contributed by atoms with E-state index in [0.29, 0.717) is 11.1 Å². The van der Waals surface area contributed by atoms with Gasteiger partial charge < -0.3 is 10.6 Å². The van der Waals surface area contributed by atoms with E-state index >= 15 is 0 Å². The lowest BCUT2D eigenvalue weighted by molar-refractivity contribution is 0.101. The molecule has 4 nitrogen and oxygen atoms in total. The number of hydrogen-bond acceptors (Lipinski definition) is 4.